The highest BCUT2D eigenvalue weighted by Crippen LogP contribution is 2.40. The third-order valence-electron chi connectivity index (χ3n) is 6.39. The van der Waals surface area contributed by atoms with Gasteiger partial charge in [-0.15, -0.1) is 0 Å². The van der Waals surface area contributed by atoms with Crippen molar-refractivity contribution in [3.05, 3.63) is 51.3 Å². The number of piperidine rings is 1. The van der Waals surface area contributed by atoms with Crippen molar-refractivity contribution >= 4 is 45.7 Å². The summed E-state index contributed by atoms with van der Waals surface area (Å²) in [6, 6.07) is 10.1. The summed E-state index contributed by atoms with van der Waals surface area (Å²) in [5.41, 5.74) is 0.816. The minimum Gasteiger partial charge on any atom is -0.478 e. The van der Waals surface area contributed by atoms with Gasteiger partial charge in [0.15, 0.2) is 18.2 Å². The SMILES string of the molecule is CNC(=O)COc1cc2cc(Nc3nc(N4C[C@@H](C)C(F)(F)[C@@H](C)C4)c(C#N)cc3Cl)ccc2[nH]c1=O. The molecule has 4 rings (SSSR count). The maximum absolute atomic E-state index is 14.4. The number of nitrogens with one attached hydrogen (secondary N) is 3. The lowest BCUT2D eigenvalue weighted by Gasteiger charge is -2.42. The lowest BCUT2D eigenvalue weighted by Crippen LogP contribution is -2.52. The van der Waals surface area contributed by atoms with E-state index in [-0.39, 0.29) is 53.6 Å². The molecule has 1 fully saturated rings. The van der Waals surface area contributed by atoms with E-state index in [9.17, 15) is 23.6 Å². The largest absolute Gasteiger partial charge is 0.478 e. The lowest BCUT2D eigenvalue weighted by molar-refractivity contribution is -0.122. The topological polar surface area (TPSA) is 123 Å². The number of pyridine rings is 2. The first-order valence-electron chi connectivity index (χ1n) is 11.5. The van der Waals surface area contributed by atoms with Gasteiger partial charge in [0.1, 0.15) is 11.9 Å². The van der Waals surface area contributed by atoms with E-state index in [2.05, 4.69) is 26.7 Å². The van der Waals surface area contributed by atoms with Crippen LogP contribution in [0.25, 0.3) is 10.9 Å². The van der Waals surface area contributed by atoms with Gasteiger partial charge in [-0.3, -0.25) is 9.59 Å². The Balaban J connectivity index is 1.65. The number of nitrogens with zero attached hydrogens (tertiary/aromatic N) is 3. The first kappa shape index (κ1) is 26.2. The molecule has 9 nitrogen and oxygen atoms in total. The van der Waals surface area contributed by atoms with E-state index in [1.807, 2.05) is 0 Å². The van der Waals surface area contributed by atoms with Gasteiger partial charge in [0.2, 0.25) is 0 Å². The lowest BCUT2D eigenvalue weighted by atomic mass is 9.87. The van der Waals surface area contributed by atoms with Crippen LogP contribution in [0.4, 0.5) is 26.1 Å². The van der Waals surface area contributed by atoms with Gasteiger partial charge in [0.05, 0.1) is 10.6 Å². The van der Waals surface area contributed by atoms with Gasteiger partial charge < -0.3 is 25.3 Å². The fourth-order valence-electron chi connectivity index (χ4n) is 4.25. The predicted octanol–water partition coefficient (Wildman–Crippen LogP) is 4.04. The number of hydrogen-bond acceptors (Lipinski definition) is 7. The number of carbonyl (C=O) groups is 1. The number of fused-ring (bicyclic) bond motifs is 1. The van der Waals surface area contributed by atoms with Gasteiger partial charge in [0.25, 0.3) is 17.4 Å². The van der Waals surface area contributed by atoms with Crippen molar-refractivity contribution in [1.82, 2.24) is 15.3 Å². The molecule has 12 heteroatoms. The van der Waals surface area contributed by atoms with Crippen LogP contribution < -0.4 is 25.8 Å². The van der Waals surface area contributed by atoms with Crippen LogP contribution in [0.2, 0.25) is 5.02 Å². The number of halogens is 3. The highest BCUT2D eigenvalue weighted by molar-refractivity contribution is 6.33. The van der Waals surface area contributed by atoms with Gasteiger partial charge in [-0.2, -0.15) is 5.26 Å². The van der Waals surface area contributed by atoms with Crippen LogP contribution in [0.5, 0.6) is 5.75 Å². The number of anilines is 3. The molecular weight excluding hydrogens is 506 g/mol. The second kappa shape index (κ2) is 10.2. The first-order valence-corrected chi connectivity index (χ1v) is 11.9. The zero-order valence-corrected chi connectivity index (χ0v) is 21.1. The summed E-state index contributed by atoms with van der Waals surface area (Å²) in [5, 5.41) is 15.9. The number of carbonyl (C=O) groups excluding carboxylic acids is 1. The standard InChI is InChI=1S/C25H25ClF2N6O3/c1-13-10-34(11-14(2)25(13,27)28)23-16(9-29)7-18(26)22(33-23)31-17-4-5-19-15(6-17)8-20(24(36)32-19)37-12-21(35)30-3/h4-8,13-14H,10-12H2,1-3H3,(H,30,35)(H,31,33)(H,32,36)/t13-,14+. The van der Waals surface area contributed by atoms with Crippen molar-refractivity contribution in [2.24, 2.45) is 11.8 Å². The Morgan fingerprint density at radius 1 is 1.30 bits per heavy atom. The molecule has 1 aromatic carbocycles. The number of benzene rings is 1. The van der Waals surface area contributed by atoms with E-state index in [4.69, 9.17) is 16.3 Å². The summed E-state index contributed by atoms with van der Waals surface area (Å²) in [7, 11) is 1.46. The molecule has 194 valence electrons. The van der Waals surface area contributed by atoms with E-state index in [1.54, 1.807) is 23.1 Å². The molecule has 0 saturated carbocycles. The van der Waals surface area contributed by atoms with Gasteiger partial charge in [-0.1, -0.05) is 25.4 Å². The number of hydrogen-bond donors (Lipinski definition) is 3. The normalized spacial score (nSPS) is 18.8. The Morgan fingerprint density at radius 2 is 2.00 bits per heavy atom. The fourth-order valence-corrected chi connectivity index (χ4v) is 4.45. The summed E-state index contributed by atoms with van der Waals surface area (Å²) in [4.78, 5) is 32.6. The Bertz CT molecular complexity index is 1440. The number of alkyl halides is 2. The molecule has 1 amide bonds. The maximum atomic E-state index is 14.4. The molecule has 2 atom stereocenters. The van der Waals surface area contributed by atoms with E-state index in [0.29, 0.717) is 16.6 Å². The van der Waals surface area contributed by atoms with Crippen molar-refractivity contribution in [2.75, 3.05) is 37.0 Å². The monoisotopic (exact) mass is 530 g/mol. The molecule has 0 unspecified atom stereocenters. The van der Waals surface area contributed by atoms with Crippen LogP contribution in [0.3, 0.4) is 0 Å². The molecule has 0 aliphatic carbocycles. The summed E-state index contributed by atoms with van der Waals surface area (Å²) in [6.07, 6.45) is 0. The summed E-state index contributed by atoms with van der Waals surface area (Å²) >= 11 is 6.40. The maximum Gasteiger partial charge on any atom is 0.290 e. The number of aromatic nitrogens is 2. The smallest absolute Gasteiger partial charge is 0.290 e. The Kier molecular flexibility index (Phi) is 7.23. The third kappa shape index (κ3) is 5.29. The highest BCUT2D eigenvalue weighted by atomic mass is 35.5. The number of H-pyrrole nitrogens is 1. The average molecular weight is 531 g/mol. The zero-order valence-electron chi connectivity index (χ0n) is 20.4. The molecule has 1 saturated heterocycles. The van der Waals surface area contributed by atoms with Crippen LogP contribution in [0, 0.1) is 23.2 Å². The molecular formula is C25H25ClF2N6O3. The van der Waals surface area contributed by atoms with Crippen molar-refractivity contribution in [3.63, 3.8) is 0 Å². The average Bonchev–Trinajstić information content (AvgIpc) is 2.86. The van der Waals surface area contributed by atoms with Gasteiger partial charge in [0, 0.05) is 48.6 Å². The molecule has 1 aliphatic rings. The Hall–Kier alpha value is -3.91. The molecule has 37 heavy (non-hydrogen) atoms. The van der Waals surface area contributed by atoms with E-state index in [0.717, 1.165) is 0 Å². The van der Waals surface area contributed by atoms with Crippen LogP contribution in [0.1, 0.15) is 19.4 Å². The van der Waals surface area contributed by atoms with Crippen molar-refractivity contribution in [1.29, 1.82) is 5.26 Å². The molecule has 1 aliphatic heterocycles. The van der Waals surface area contributed by atoms with E-state index < -0.39 is 23.3 Å². The second-order valence-electron chi connectivity index (χ2n) is 9.03. The van der Waals surface area contributed by atoms with Crippen molar-refractivity contribution in [3.8, 4) is 11.8 Å². The quantitative estimate of drug-likeness (QED) is 0.439. The molecule has 0 radical (unpaired) electrons. The van der Waals surface area contributed by atoms with Crippen LogP contribution in [0.15, 0.2) is 35.1 Å². The van der Waals surface area contributed by atoms with Gasteiger partial charge >= 0.3 is 0 Å². The highest BCUT2D eigenvalue weighted by Gasteiger charge is 2.47. The summed E-state index contributed by atoms with van der Waals surface area (Å²) < 4.78 is 34.1. The van der Waals surface area contributed by atoms with E-state index >= 15 is 0 Å². The number of likely N-dealkylation sites (N-methyl/N-ethyl adjacent to an activating group) is 1. The number of ether oxygens (including phenoxy) is 1. The number of aromatic amines is 1. The first-order chi connectivity index (χ1) is 17.5. The molecule has 3 N–H and O–H groups in total. The summed E-state index contributed by atoms with van der Waals surface area (Å²) in [6.45, 7) is 2.74. The van der Waals surface area contributed by atoms with Crippen LogP contribution in [-0.4, -0.2) is 48.5 Å². The Morgan fingerprint density at radius 3 is 2.65 bits per heavy atom. The summed E-state index contributed by atoms with van der Waals surface area (Å²) in [5.74, 6) is -4.53. The van der Waals surface area contributed by atoms with Crippen molar-refractivity contribution in [2.45, 2.75) is 19.8 Å². The third-order valence-corrected chi connectivity index (χ3v) is 6.68. The van der Waals surface area contributed by atoms with Crippen molar-refractivity contribution < 1.29 is 18.3 Å². The van der Waals surface area contributed by atoms with Crippen LogP contribution in [-0.2, 0) is 4.79 Å². The van der Waals surface area contributed by atoms with E-state index in [1.165, 1.54) is 33.0 Å². The molecule has 3 aromatic rings. The van der Waals surface area contributed by atoms with Gasteiger partial charge in [-0.05, 0) is 30.3 Å². The number of nitriles is 1. The van der Waals surface area contributed by atoms with Gasteiger partial charge in [-0.25, -0.2) is 13.8 Å². The Labute approximate surface area is 216 Å². The molecule has 0 bridgehead atoms. The molecule has 3 heterocycles. The zero-order chi connectivity index (χ0) is 26.9. The fraction of sp³-hybridized carbons (Fsp3) is 0.360. The predicted molar refractivity (Wildman–Crippen MR) is 137 cm³/mol. The molecule has 0 spiro atoms. The second-order valence-corrected chi connectivity index (χ2v) is 9.44. The minimum absolute atomic E-state index is 0.0183. The minimum atomic E-state index is -2.81. The van der Waals surface area contributed by atoms with Crippen LogP contribution >= 0.6 is 11.6 Å². The number of rotatable bonds is 6. The molecule has 2 aromatic heterocycles. The number of amides is 1.